The second-order valence-corrected chi connectivity index (χ2v) is 3.61. The van der Waals surface area contributed by atoms with Crippen molar-refractivity contribution in [2.45, 2.75) is 19.1 Å². The van der Waals surface area contributed by atoms with E-state index in [1.165, 1.54) is 25.3 Å². The Balaban J connectivity index is 0.00000324. The van der Waals surface area contributed by atoms with Gasteiger partial charge in [-0.15, -0.1) is 12.4 Å². The summed E-state index contributed by atoms with van der Waals surface area (Å²) < 4.78 is 23.1. The van der Waals surface area contributed by atoms with Gasteiger partial charge in [-0.2, -0.15) is 0 Å². The molecule has 0 aliphatic heterocycles. The lowest BCUT2D eigenvalue weighted by atomic mass is 10.0. The first-order valence-electron chi connectivity index (χ1n) is 5.44. The first kappa shape index (κ1) is 17.5. The van der Waals surface area contributed by atoms with Crippen LogP contribution in [0.2, 0.25) is 0 Å². The molecule has 1 unspecified atom stereocenters. The van der Waals surface area contributed by atoms with Gasteiger partial charge in [0.2, 0.25) is 6.17 Å². The zero-order chi connectivity index (χ0) is 13.7. The molecule has 0 saturated carbocycles. The monoisotopic (exact) mass is 293 g/mol. The van der Waals surface area contributed by atoms with E-state index in [0.717, 1.165) is 0 Å². The number of halogens is 2. The van der Waals surface area contributed by atoms with E-state index in [2.05, 4.69) is 4.74 Å². The molecule has 0 heterocycles. The van der Waals surface area contributed by atoms with E-state index in [0.29, 0.717) is 5.56 Å². The Morgan fingerprint density at radius 1 is 1.53 bits per heavy atom. The second kappa shape index (κ2) is 7.81. The molecule has 0 aliphatic carbocycles. The van der Waals surface area contributed by atoms with E-state index >= 15 is 0 Å². The number of methoxy groups -OCH3 is 1. The molecule has 0 bridgehead atoms. The summed E-state index contributed by atoms with van der Waals surface area (Å²) in [6.45, 7) is 1.67. The lowest BCUT2D eigenvalue weighted by molar-refractivity contribution is -0.149. The van der Waals surface area contributed by atoms with Crippen LogP contribution in [0.25, 0.3) is 0 Å². The molecule has 0 fully saturated rings. The highest BCUT2D eigenvalue weighted by Crippen LogP contribution is 2.29. The van der Waals surface area contributed by atoms with Crippen LogP contribution in [0.3, 0.4) is 0 Å². The van der Waals surface area contributed by atoms with Crippen molar-refractivity contribution < 1.29 is 23.8 Å². The van der Waals surface area contributed by atoms with Crippen LogP contribution in [-0.4, -0.2) is 31.0 Å². The van der Waals surface area contributed by atoms with Crippen molar-refractivity contribution >= 4 is 18.4 Å². The summed E-state index contributed by atoms with van der Waals surface area (Å²) >= 11 is 0. The first-order chi connectivity index (χ1) is 8.51. The molecular weight excluding hydrogens is 277 g/mol. The maximum absolute atomic E-state index is 13.7. The van der Waals surface area contributed by atoms with Crippen molar-refractivity contribution in [1.29, 1.82) is 0 Å². The first-order valence-corrected chi connectivity index (χ1v) is 5.44. The van der Waals surface area contributed by atoms with Gasteiger partial charge >= 0.3 is 5.97 Å². The van der Waals surface area contributed by atoms with Crippen molar-refractivity contribution in [2.24, 2.45) is 5.73 Å². The lowest BCUT2D eigenvalue weighted by Crippen LogP contribution is -2.31. The molecule has 0 aromatic heterocycles. The third-order valence-electron chi connectivity index (χ3n) is 2.42. The van der Waals surface area contributed by atoms with Crippen LogP contribution in [0.15, 0.2) is 18.2 Å². The van der Waals surface area contributed by atoms with Crippen molar-refractivity contribution in [3.63, 3.8) is 0 Å². The third-order valence-corrected chi connectivity index (χ3v) is 2.42. The summed E-state index contributed by atoms with van der Waals surface area (Å²) in [4.78, 5) is 11.2. The molecular formula is C12H17ClFNO4. The highest BCUT2D eigenvalue weighted by molar-refractivity contribution is 5.85. The Bertz CT molecular complexity index is 430. The van der Waals surface area contributed by atoms with Gasteiger partial charge in [0.1, 0.15) is 0 Å². The molecule has 2 atom stereocenters. The predicted molar refractivity (Wildman–Crippen MR) is 70.4 cm³/mol. The minimum absolute atomic E-state index is 0. The predicted octanol–water partition coefficient (Wildman–Crippen LogP) is 1.72. The van der Waals surface area contributed by atoms with Crippen LogP contribution < -0.4 is 10.5 Å². The van der Waals surface area contributed by atoms with Crippen molar-refractivity contribution in [3.05, 3.63) is 23.8 Å². The van der Waals surface area contributed by atoms with Gasteiger partial charge in [-0.05, 0) is 24.6 Å². The summed E-state index contributed by atoms with van der Waals surface area (Å²) in [5, 5.41) is 9.40. The molecule has 0 aliphatic rings. The SMILES string of the molecule is CCOC(=O)C(F)[C@@H](N)c1ccc(O)c(OC)c1.Cl. The van der Waals surface area contributed by atoms with Crippen LogP contribution in [-0.2, 0) is 9.53 Å². The number of nitrogens with two attached hydrogens (primary N) is 1. The maximum atomic E-state index is 13.7. The average molecular weight is 294 g/mol. The van der Waals surface area contributed by atoms with Crippen LogP contribution in [0.5, 0.6) is 11.5 Å². The number of benzene rings is 1. The molecule has 19 heavy (non-hydrogen) atoms. The molecule has 0 radical (unpaired) electrons. The maximum Gasteiger partial charge on any atom is 0.342 e. The Hall–Kier alpha value is -1.53. The number of carbonyl (C=O) groups excluding carboxylic acids is 1. The van der Waals surface area contributed by atoms with Gasteiger partial charge < -0.3 is 20.3 Å². The summed E-state index contributed by atoms with van der Waals surface area (Å²) in [6.07, 6.45) is -1.96. The fraction of sp³-hybridized carbons (Fsp3) is 0.417. The van der Waals surface area contributed by atoms with Gasteiger partial charge in [-0.25, -0.2) is 9.18 Å². The van der Waals surface area contributed by atoms with Crippen LogP contribution in [0.1, 0.15) is 18.5 Å². The van der Waals surface area contributed by atoms with Crippen LogP contribution >= 0.6 is 12.4 Å². The molecule has 7 heteroatoms. The summed E-state index contributed by atoms with van der Waals surface area (Å²) in [5.74, 6) is -0.920. The van der Waals surface area contributed by atoms with E-state index in [4.69, 9.17) is 10.5 Å². The Morgan fingerprint density at radius 2 is 2.16 bits per heavy atom. The van der Waals surface area contributed by atoms with E-state index in [1.54, 1.807) is 6.92 Å². The Kier molecular flexibility index (Phi) is 7.18. The number of ether oxygens (including phenoxy) is 2. The zero-order valence-corrected chi connectivity index (χ0v) is 11.4. The molecule has 5 nitrogen and oxygen atoms in total. The smallest absolute Gasteiger partial charge is 0.342 e. The fourth-order valence-electron chi connectivity index (χ4n) is 1.44. The number of esters is 1. The number of aromatic hydroxyl groups is 1. The number of hydrogen-bond donors (Lipinski definition) is 2. The highest BCUT2D eigenvalue weighted by atomic mass is 35.5. The number of phenolic OH excluding ortho intramolecular Hbond substituents is 1. The molecule has 0 amide bonds. The van der Waals surface area contributed by atoms with Gasteiger partial charge in [-0.1, -0.05) is 6.07 Å². The fourth-order valence-corrected chi connectivity index (χ4v) is 1.44. The van der Waals surface area contributed by atoms with Crippen molar-refractivity contribution in [1.82, 2.24) is 0 Å². The zero-order valence-electron chi connectivity index (χ0n) is 10.6. The largest absolute Gasteiger partial charge is 0.504 e. The molecule has 1 aromatic carbocycles. The minimum Gasteiger partial charge on any atom is -0.504 e. The summed E-state index contributed by atoms with van der Waals surface area (Å²) in [5.41, 5.74) is 5.97. The van der Waals surface area contributed by atoms with Crippen molar-refractivity contribution in [2.75, 3.05) is 13.7 Å². The molecule has 0 saturated heterocycles. The molecule has 0 spiro atoms. The van der Waals surface area contributed by atoms with Gasteiger partial charge in [-0.3, -0.25) is 0 Å². The average Bonchev–Trinajstić information content (AvgIpc) is 2.38. The molecule has 1 aromatic rings. The number of rotatable bonds is 5. The van der Waals surface area contributed by atoms with Crippen LogP contribution in [0, 0.1) is 0 Å². The van der Waals surface area contributed by atoms with E-state index in [9.17, 15) is 14.3 Å². The topological polar surface area (TPSA) is 81.8 Å². The van der Waals surface area contributed by atoms with Gasteiger partial charge in [0, 0.05) is 0 Å². The normalized spacial score (nSPS) is 13.1. The quantitative estimate of drug-likeness (QED) is 0.808. The summed E-state index contributed by atoms with van der Waals surface area (Å²) in [7, 11) is 1.36. The second-order valence-electron chi connectivity index (χ2n) is 3.61. The number of hydrogen-bond acceptors (Lipinski definition) is 5. The Labute approximate surface area is 116 Å². The van der Waals surface area contributed by atoms with E-state index in [-0.39, 0.29) is 30.5 Å². The standard InChI is InChI=1S/C12H16FNO4.ClH/c1-3-18-12(16)10(13)11(14)7-4-5-8(15)9(6-7)17-2;/h4-6,10-11,15H,3,14H2,1-2H3;1H/t10?,11-;/m0./s1. The van der Waals surface area contributed by atoms with E-state index in [1.807, 2.05) is 0 Å². The number of alkyl halides is 1. The van der Waals surface area contributed by atoms with Crippen molar-refractivity contribution in [3.8, 4) is 11.5 Å². The third kappa shape index (κ3) is 4.25. The van der Waals surface area contributed by atoms with Gasteiger partial charge in [0.15, 0.2) is 11.5 Å². The molecule has 1 rings (SSSR count). The number of phenols is 1. The summed E-state index contributed by atoms with van der Waals surface area (Å²) in [6, 6.07) is 2.96. The number of carbonyl (C=O) groups is 1. The lowest BCUT2D eigenvalue weighted by Gasteiger charge is -2.16. The van der Waals surface area contributed by atoms with Gasteiger partial charge in [0.25, 0.3) is 0 Å². The molecule has 108 valence electrons. The van der Waals surface area contributed by atoms with Crippen LogP contribution in [0.4, 0.5) is 4.39 Å². The Morgan fingerprint density at radius 3 is 2.68 bits per heavy atom. The van der Waals surface area contributed by atoms with E-state index < -0.39 is 18.2 Å². The highest BCUT2D eigenvalue weighted by Gasteiger charge is 2.28. The minimum atomic E-state index is -1.96. The van der Waals surface area contributed by atoms with Gasteiger partial charge in [0.05, 0.1) is 19.8 Å². The molecule has 3 N–H and O–H groups in total.